The largest absolute Gasteiger partial charge is 0.493 e. The molecule has 1 aromatic carbocycles. The summed E-state index contributed by atoms with van der Waals surface area (Å²) in [6, 6.07) is 7.60. The number of fused-ring (bicyclic) bond motifs is 1. The van der Waals surface area contributed by atoms with Crippen LogP contribution in [0.25, 0.3) is 0 Å². The zero-order valence-electron chi connectivity index (χ0n) is 18.9. The van der Waals surface area contributed by atoms with E-state index in [4.69, 9.17) is 9.47 Å². The lowest BCUT2D eigenvalue weighted by Gasteiger charge is -2.36. The van der Waals surface area contributed by atoms with Gasteiger partial charge in [0.05, 0.1) is 6.61 Å². The molecule has 1 saturated carbocycles. The number of likely N-dealkylation sites (tertiary alicyclic amines) is 1. The Morgan fingerprint density at radius 2 is 1.68 bits per heavy atom. The third-order valence-electron chi connectivity index (χ3n) is 8.09. The zero-order chi connectivity index (χ0) is 21.0. The normalized spacial score (nSPS) is 24.3. The van der Waals surface area contributed by atoms with Crippen molar-refractivity contribution in [1.82, 2.24) is 9.80 Å². The molecule has 5 heteroatoms. The minimum absolute atomic E-state index is 0.182. The van der Waals surface area contributed by atoms with Crippen LogP contribution in [0, 0.1) is 11.8 Å². The van der Waals surface area contributed by atoms with Crippen molar-refractivity contribution in [2.75, 3.05) is 46.0 Å². The van der Waals surface area contributed by atoms with Gasteiger partial charge in [-0.15, -0.1) is 0 Å². The summed E-state index contributed by atoms with van der Waals surface area (Å²) in [7, 11) is 0. The minimum atomic E-state index is 0.182. The molecule has 3 fully saturated rings. The van der Waals surface area contributed by atoms with Crippen molar-refractivity contribution in [3.8, 4) is 5.75 Å². The summed E-state index contributed by atoms with van der Waals surface area (Å²) in [5, 5.41) is 0. The second-order valence-electron chi connectivity index (χ2n) is 10.0. The Labute approximate surface area is 187 Å². The van der Waals surface area contributed by atoms with Crippen molar-refractivity contribution in [3.05, 3.63) is 29.3 Å². The molecule has 0 aromatic heterocycles. The molecule has 1 aromatic rings. The van der Waals surface area contributed by atoms with Crippen LogP contribution in [0.2, 0.25) is 0 Å². The maximum atomic E-state index is 12.7. The first-order chi connectivity index (χ1) is 15.3. The van der Waals surface area contributed by atoms with Gasteiger partial charge in [0, 0.05) is 51.4 Å². The first kappa shape index (κ1) is 21.3. The average Bonchev–Trinajstić information content (AvgIpc) is 2.99. The number of rotatable bonds is 5. The molecule has 170 valence electrons. The highest BCUT2D eigenvalue weighted by atomic mass is 16.5. The van der Waals surface area contributed by atoms with Crippen molar-refractivity contribution < 1.29 is 14.3 Å². The molecule has 1 aliphatic carbocycles. The Hall–Kier alpha value is -1.59. The number of hydrogen-bond donors (Lipinski definition) is 0. The van der Waals surface area contributed by atoms with Crippen LogP contribution in [0.4, 0.5) is 0 Å². The van der Waals surface area contributed by atoms with E-state index in [0.717, 1.165) is 76.8 Å². The number of ether oxygens (including phenoxy) is 2. The van der Waals surface area contributed by atoms with Crippen molar-refractivity contribution in [3.63, 3.8) is 0 Å². The number of carbonyl (C=O) groups is 1. The molecule has 2 saturated heterocycles. The Morgan fingerprint density at radius 3 is 2.39 bits per heavy atom. The van der Waals surface area contributed by atoms with Gasteiger partial charge in [0.2, 0.25) is 5.91 Å². The second kappa shape index (κ2) is 9.91. The molecule has 0 unspecified atom stereocenters. The van der Waals surface area contributed by atoms with E-state index in [1.54, 1.807) is 0 Å². The van der Waals surface area contributed by atoms with Gasteiger partial charge in [-0.25, -0.2) is 0 Å². The molecule has 0 bridgehead atoms. The molecular weight excluding hydrogens is 388 g/mol. The van der Waals surface area contributed by atoms with E-state index < -0.39 is 0 Å². The highest BCUT2D eigenvalue weighted by Crippen LogP contribution is 2.29. The van der Waals surface area contributed by atoms with E-state index in [9.17, 15) is 4.79 Å². The maximum Gasteiger partial charge on any atom is 0.225 e. The topological polar surface area (TPSA) is 42.0 Å². The number of amides is 1. The van der Waals surface area contributed by atoms with Gasteiger partial charge in [-0.1, -0.05) is 12.5 Å². The SMILES string of the molecule is O=C(C1CCOCC1)N1CCC(COc2ccc3c(c2)CCN(C2CCC2)CC3)CC1. The Bertz CT molecular complexity index is 749. The van der Waals surface area contributed by atoms with Gasteiger partial charge < -0.3 is 14.4 Å². The fourth-order valence-corrected chi connectivity index (χ4v) is 5.66. The summed E-state index contributed by atoms with van der Waals surface area (Å²) in [6.07, 6.45) is 10.4. The van der Waals surface area contributed by atoms with Gasteiger partial charge in [-0.2, -0.15) is 0 Å². The molecule has 0 N–H and O–H groups in total. The van der Waals surface area contributed by atoms with Crippen molar-refractivity contribution in [1.29, 1.82) is 0 Å². The van der Waals surface area contributed by atoms with E-state index >= 15 is 0 Å². The molecule has 0 spiro atoms. The third-order valence-corrected chi connectivity index (χ3v) is 8.09. The number of hydrogen-bond acceptors (Lipinski definition) is 4. The predicted molar refractivity (Wildman–Crippen MR) is 121 cm³/mol. The molecule has 1 amide bonds. The smallest absolute Gasteiger partial charge is 0.225 e. The van der Waals surface area contributed by atoms with Gasteiger partial charge >= 0.3 is 0 Å². The summed E-state index contributed by atoms with van der Waals surface area (Å²) in [5.74, 6) is 2.11. The highest BCUT2D eigenvalue weighted by molar-refractivity contribution is 5.79. The summed E-state index contributed by atoms with van der Waals surface area (Å²) in [6.45, 7) is 6.41. The Balaban J connectivity index is 1.08. The molecule has 0 radical (unpaired) electrons. The Kier molecular flexibility index (Phi) is 6.80. The fraction of sp³-hybridized carbons (Fsp3) is 0.731. The fourth-order valence-electron chi connectivity index (χ4n) is 5.66. The molecule has 5 nitrogen and oxygen atoms in total. The monoisotopic (exact) mass is 426 g/mol. The van der Waals surface area contributed by atoms with Crippen molar-refractivity contribution in [2.24, 2.45) is 11.8 Å². The van der Waals surface area contributed by atoms with E-state index in [1.807, 2.05) is 0 Å². The first-order valence-corrected chi connectivity index (χ1v) is 12.6. The van der Waals surface area contributed by atoms with Crippen LogP contribution in [-0.4, -0.2) is 67.7 Å². The van der Waals surface area contributed by atoms with Crippen LogP contribution in [0.3, 0.4) is 0 Å². The molecular formula is C26H38N2O3. The van der Waals surface area contributed by atoms with Crippen LogP contribution in [0.15, 0.2) is 18.2 Å². The van der Waals surface area contributed by atoms with Crippen molar-refractivity contribution >= 4 is 5.91 Å². The predicted octanol–water partition coefficient (Wildman–Crippen LogP) is 3.68. The molecule has 31 heavy (non-hydrogen) atoms. The lowest BCUT2D eigenvalue weighted by atomic mass is 9.91. The van der Waals surface area contributed by atoms with E-state index in [0.29, 0.717) is 11.8 Å². The lowest BCUT2D eigenvalue weighted by molar-refractivity contribution is -0.140. The second-order valence-corrected chi connectivity index (χ2v) is 10.0. The van der Waals surface area contributed by atoms with E-state index in [-0.39, 0.29) is 5.92 Å². The molecule has 3 aliphatic heterocycles. The lowest BCUT2D eigenvalue weighted by Crippen LogP contribution is -2.43. The first-order valence-electron chi connectivity index (χ1n) is 12.6. The van der Waals surface area contributed by atoms with Gasteiger partial charge in [0.25, 0.3) is 0 Å². The summed E-state index contributed by atoms with van der Waals surface area (Å²) in [5.41, 5.74) is 2.99. The van der Waals surface area contributed by atoms with Crippen molar-refractivity contribution in [2.45, 2.75) is 63.8 Å². The van der Waals surface area contributed by atoms with Crippen LogP contribution in [-0.2, 0) is 22.4 Å². The van der Waals surface area contributed by atoms with Gasteiger partial charge in [0.15, 0.2) is 0 Å². The highest BCUT2D eigenvalue weighted by Gasteiger charge is 2.30. The summed E-state index contributed by atoms with van der Waals surface area (Å²) < 4.78 is 11.6. The number of nitrogens with zero attached hydrogens (tertiary/aromatic N) is 2. The Morgan fingerprint density at radius 1 is 0.935 bits per heavy atom. The van der Waals surface area contributed by atoms with Crippen LogP contribution in [0.5, 0.6) is 5.75 Å². The van der Waals surface area contributed by atoms with Gasteiger partial charge in [-0.3, -0.25) is 9.69 Å². The summed E-state index contributed by atoms with van der Waals surface area (Å²) in [4.78, 5) is 17.5. The molecule has 3 heterocycles. The molecule has 0 atom stereocenters. The van der Waals surface area contributed by atoms with E-state index in [2.05, 4.69) is 28.0 Å². The standard InChI is InChI=1S/C26H38N2O3/c29-26(22-10-16-30-17-11-22)28-12-6-20(7-13-28)19-31-25-5-4-21-8-14-27(24-2-1-3-24)15-9-23(21)18-25/h4-5,18,20,22,24H,1-3,6-17,19H2. The van der Waals surface area contributed by atoms with Gasteiger partial charge in [0.1, 0.15) is 5.75 Å². The molecule has 4 aliphatic rings. The number of piperidine rings is 1. The number of carbonyl (C=O) groups excluding carboxylic acids is 1. The third kappa shape index (κ3) is 5.09. The summed E-state index contributed by atoms with van der Waals surface area (Å²) >= 11 is 0. The van der Waals surface area contributed by atoms with Crippen LogP contribution in [0.1, 0.15) is 56.1 Å². The van der Waals surface area contributed by atoms with E-state index in [1.165, 1.54) is 49.9 Å². The number of benzene rings is 1. The zero-order valence-corrected chi connectivity index (χ0v) is 18.9. The molecule has 5 rings (SSSR count). The van der Waals surface area contributed by atoms with Gasteiger partial charge in [-0.05, 0) is 80.5 Å². The van der Waals surface area contributed by atoms with Crippen LogP contribution >= 0.6 is 0 Å². The van der Waals surface area contributed by atoms with Crippen LogP contribution < -0.4 is 4.74 Å². The average molecular weight is 427 g/mol. The maximum absolute atomic E-state index is 12.7. The minimum Gasteiger partial charge on any atom is -0.493 e. The quantitative estimate of drug-likeness (QED) is 0.720.